The lowest BCUT2D eigenvalue weighted by molar-refractivity contribution is -0.131. The first-order chi connectivity index (χ1) is 7.43. The van der Waals surface area contributed by atoms with Gasteiger partial charge in [-0.25, -0.2) is 0 Å². The molecule has 88 valence electrons. The van der Waals surface area contributed by atoms with Crippen molar-refractivity contribution in [1.82, 2.24) is 4.90 Å². The highest BCUT2D eigenvalue weighted by molar-refractivity contribution is 6.31. The van der Waals surface area contributed by atoms with Gasteiger partial charge < -0.3 is 4.90 Å². The molecule has 0 fully saturated rings. The zero-order valence-corrected chi connectivity index (χ0v) is 11.1. The zero-order valence-electron chi connectivity index (χ0n) is 9.58. The molecule has 2 nitrogen and oxygen atoms in total. The van der Waals surface area contributed by atoms with Crippen LogP contribution < -0.4 is 0 Å². The quantitative estimate of drug-likeness (QED) is 0.762. The van der Waals surface area contributed by atoms with Gasteiger partial charge in [0.15, 0.2) is 0 Å². The van der Waals surface area contributed by atoms with Crippen LogP contribution in [0.1, 0.15) is 25.5 Å². The highest BCUT2D eigenvalue weighted by Gasteiger charge is 2.20. The second-order valence-electron chi connectivity index (χ2n) is 3.80. The van der Waals surface area contributed by atoms with E-state index in [1.165, 1.54) is 0 Å². The van der Waals surface area contributed by atoms with Gasteiger partial charge in [-0.2, -0.15) is 0 Å². The number of rotatable bonds is 3. The van der Waals surface area contributed by atoms with E-state index in [2.05, 4.69) is 0 Å². The Hall–Kier alpha value is -0.730. The molecular formula is C12H15Cl2NO. The molecule has 16 heavy (non-hydrogen) atoms. The Bertz CT molecular complexity index is 379. The van der Waals surface area contributed by atoms with E-state index in [0.29, 0.717) is 5.02 Å². The highest BCUT2D eigenvalue weighted by atomic mass is 35.5. The normalized spacial score (nSPS) is 14.3. The summed E-state index contributed by atoms with van der Waals surface area (Å²) >= 11 is 11.7. The lowest BCUT2D eigenvalue weighted by Crippen LogP contribution is -2.34. The molecule has 1 rings (SSSR count). The Labute approximate surface area is 106 Å². The van der Waals surface area contributed by atoms with E-state index in [0.717, 1.165) is 5.56 Å². The van der Waals surface area contributed by atoms with Crippen LogP contribution in [0.3, 0.4) is 0 Å². The summed E-state index contributed by atoms with van der Waals surface area (Å²) in [5.41, 5.74) is 1.00. The molecule has 0 radical (unpaired) electrons. The number of amides is 1. The van der Waals surface area contributed by atoms with Gasteiger partial charge in [0.1, 0.15) is 5.38 Å². The Morgan fingerprint density at radius 1 is 1.38 bits per heavy atom. The Balaban J connectivity index is 2.85. The smallest absolute Gasteiger partial charge is 0.240 e. The van der Waals surface area contributed by atoms with Crippen molar-refractivity contribution in [1.29, 1.82) is 0 Å². The SMILES string of the molecule is CC(Cl)C(=O)N(C)C(C)c1cccc(Cl)c1. The lowest BCUT2D eigenvalue weighted by Gasteiger charge is -2.26. The minimum atomic E-state index is -0.508. The van der Waals surface area contributed by atoms with Gasteiger partial charge in [-0.3, -0.25) is 4.79 Å². The molecule has 1 aromatic carbocycles. The average Bonchev–Trinajstić information content (AvgIpc) is 2.26. The first-order valence-corrected chi connectivity index (χ1v) is 5.91. The maximum Gasteiger partial charge on any atom is 0.240 e. The second kappa shape index (κ2) is 5.55. The fourth-order valence-corrected chi connectivity index (χ4v) is 1.81. The third-order valence-corrected chi connectivity index (χ3v) is 3.02. The highest BCUT2D eigenvalue weighted by Crippen LogP contribution is 2.22. The molecule has 0 N–H and O–H groups in total. The van der Waals surface area contributed by atoms with E-state index in [-0.39, 0.29) is 11.9 Å². The monoisotopic (exact) mass is 259 g/mol. The van der Waals surface area contributed by atoms with Gasteiger partial charge in [-0.15, -0.1) is 11.6 Å². The Kier molecular flexibility index (Phi) is 4.63. The average molecular weight is 260 g/mol. The van der Waals surface area contributed by atoms with Crippen molar-refractivity contribution >= 4 is 29.1 Å². The summed E-state index contributed by atoms with van der Waals surface area (Å²) in [5, 5.41) is 0.163. The van der Waals surface area contributed by atoms with Crippen LogP contribution in [0.2, 0.25) is 5.02 Å². The molecule has 2 unspecified atom stereocenters. The molecular weight excluding hydrogens is 245 g/mol. The second-order valence-corrected chi connectivity index (χ2v) is 4.89. The van der Waals surface area contributed by atoms with Gasteiger partial charge in [0.2, 0.25) is 5.91 Å². The van der Waals surface area contributed by atoms with Crippen molar-refractivity contribution < 1.29 is 4.79 Å². The predicted octanol–water partition coefficient (Wildman–Crippen LogP) is 3.49. The molecule has 4 heteroatoms. The topological polar surface area (TPSA) is 20.3 Å². The van der Waals surface area contributed by atoms with E-state index in [4.69, 9.17) is 23.2 Å². The number of halogens is 2. The molecule has 0 heterocycles. The molecule has 0 aliphatic heterocycles. The van der Waals surface area contributed by atoms with Crippen molar-refractivity contribution in [2.24, 2.45) is 0 Å². The number of benzene rings is 1. The van der Waals surface area contributed by atoms with Crippen molar-refractivity contribution in [3.05, 3.63) is 34.9 Å². The van der Waals surface area contributed by atoms with Crippen LogP contribution in [0.4, 0.5) is 0 Å². The van der Waals surface area contributed by atoms with E-state index >= 15 is 0 Å². The number of carbonyl (C=O) groups excluding carboxylic acids is 1. The lowest BCUT2D eigenvalue weighted by atomic mass is 10.1. The molecule has 0 aliphatic carbocycles. The van der Waals surface area contributed by atoms with E-state index in [1.54, 1.807) is 18.9 Å². The van der Waals surface area contributed by atoms with E-state index in [1.807, 2.05) is 31.2 Å². The maximum atomic E-state index is 11.7. The van der Waals surface area contributed by atoms with Crippen molar-refractivity contribution in [2.75, 3.05) is 7.05 Å². The summed E-state index contributed by atoms with van der Waals surface area (Å²) in [6, 6.07) is 7.45. The first-order valence-electron chi connectivity index (χ1n) is 5.09. The summed E-state index contributed by atoms with van der Waals surface area (Å²) in [4.78, 5) is 13.3. The molecule has 0 bridgehead atoms. The van der Waals surface area contributed by atoms with E-state index in [9.17, 15) is 4.79 Å². The van der Waals surface area contributed by atoms with Gasteiger partial charge in [-0.1, -0.05) is 23.7 Å². The number of carbonyl (C=O) groups is 1. The minimum absolute atomic E-state index is 0.0348. The molecule has 0 aliphatic rings. The number of alkyl halides is 1. The molecule has 0 saturated heterocycles. The molecule has 0 aromatic heterocycles. The Morgan fingerprint density at radius 3 is 2.50 bits per heavy atom. The van der Waals surface area contributed by atoms with Crippen molar-refractivity contribution in [3.8, 4) is 0 Å². The summed E-state index contributed by atoms with van der Waals surface area (Å²) in [5.74, 6) is -0.0888. The van der Waals surface area contributed by atoms with Crippen LogP contribution in [0.15, 0.2) is 24.3 Å². The molecule has 0 spiro atoms. The van der Waals surface area contributed by atoms with Gasteiger partial charge in [-0.05, 0) is 31.5 Å². The van der Waals surface area contributed by atoms with Crippen molar-refractivity contribution in [2.45, 2.75) is 25.3 Å². The van der Waals surface area contributed by atoms with Crippen LogP contribution in [0.5, 0.6) is 0 Å². The van der Waals surface area contributed by atoms with Gasteiger partial charge >= 0.3 is 0 Å². The fraction of sp³-hybridized carbons (Fsp3) is 0.417. The number of hydrogen-bond donors (Lipinski definition) is 0. The van der Waals surface area contributed by atoms with Gasteiger partial charge in [0.05, 0.1) is 6.04 Å². The summed E-state index contributed by atoms with van der Waals surface area (Å²) in [6.45, 7) is 3.62. The fourth-order valence-electron chi connectivity index (χ4n) is 1.46. The molecule has 0 saturated carbocycles. The zero-order chi connectivity index (χ0) is 12.3. The predicted molar refractivity (Wildman–Crippen MR) is 68.0 cm³/mol. The minimum Gasteiger partial charge on any atom is -0.338 e. The maximum absolute atomic E-state index is 11.7. The molecule has 2 atom stereocenters. The Morgan fingerprint density at radius 2 is 2.00 bits per heavy atom. The van der Waals surface area contributed by atoms with Crippen LogP contribution >= 0.6 is 23.2 Å². The summed E-state index contributed by atoms with van der Waals surface area (Å²) in [7, 11) is 1.74. The summed E-state index contributed by atoms with van der Waals surface area (Å²) < 4.78 is 0. The molecule has 1 amide bonds. The van der Waals surface area contributed by atoms with Crippen LogP contribution in [-0.2, 0) is 4.79 Å². The third kappa shape index (κ3) is 3.13. The van der Waals surface area contributed by atoms with Crippen LogP contribution in [-0.4, -0.2) is 23.2 Å². The number of hydrogen-bond acceptors (Lipinski definition) is 1. The summed E-state index contributed by atoms with van der Waals surface area (Å²) in [6.07, 6.45) is 0. The number of nitrogens with zero attached hydrogens (tertiary/aromatic N) is 1. The third-order valence-electron chi connectivity index (χ3n) is 2.60. The van der Waals surface area contributed by atoms with Crippen molar-refractivity contribution in [3.63, 3.8) is 0 Å². The van der Waals surface area contributed by atoms with Gasteiger partial charge in [0.25, 0.3) is 0 Å². The van der Waals surface area contributed by atoms with E-state index < -0.39 is 5.38 Å². The van der Waals surface area contributed by atoms with Crippen LogP contribution in [0, 0.1) is 0 Å². The largest absolute Gasteiger partial charge is 0.338 e. The standard InChI is InChI=1S/C12H15Cl2NO/c1-8(13)12(16)15(3)9(2)10-5-4-6-11(14)7-10/h4-9H,1-3H3. The first kappa shape index (κ1) is 13.3. The van der Waals surface area contributed by atoms with Gasteiger partial charge in [0, 0.05) is 12.1 Å². The molecule has 1 aromatic rings. The van der Waals surface area contributed by atoms with Crippen LogP contribution in [0.25, 0.3) is 0 Å².